The van der Waals surface area contributed by atoms with Crippen LogP contribution in [-0.4, -0.2) is 60.5 Å². The van der Waals surface area contributed by atoms with Crippen LogP contribution in [0.4, 0.5) is 10.8 Å². The molecule has 0 saturated carbocycles. The van der Waals surface area contributed by atoms with Gasteiger partial charge in [-0.25, -0.2) is 4.98 Å². The second-order valence-electron chi connectivity index (χ2n) is 8.46. The van der Waals surface area contributed by atoms with E-state index in [9.17, 15) is 4.79 Å². The largest absolute Gasteiger partial charge is 0.384 e. The van der Waals surface area contributed by atoms with Crippen LogP contribution in [0.25, 0.3) is 11.1 Å². The van der Waals surface area contributed by atoms with Gasteiger partial charge in [-0.15, -0.1) is 11.3 Å². The molecule has 1 amide bonds. The first-order valence-electron chi connectivity index (χ1n) is 11.1. The van der Waals surface area contributed by atoms with Crippen LogP contribution < -0.4 is 11.1 Å². The molecule has 2 aromatic heterocycles. The van der Waals surface area contributed by atoms with Gasteiger partial charge in [-0.2, -0.15) is 0 Å². The molecule has 1 fully saturated rings. The first-order valence-corrected chi connectivity index (χ1v) is 12.0. The molecule has 0 atom stereocenters. The SMILES string of the molecule is CN1CCN(CCCc2cccc(CC(=O)Nc3cc(-c4ccnc(N)c4)cs3)c2)CC1. The molecule has 6 nitrogen and oxygen atoms in total. The van der Waals surface area contributed by atoms with Gasteiger partial charge in [0, 0.05) is 37.8 Å². The summed E-state index contributed by atoms with van der Waals surface area (Å²) in [7, 11) is 2.19. The Hall–Kier alpha value is -2.74. The topological polar surface area (TPSA) is 74.5 Å². The van der Waals surface area contributed by atoms with Crippen molar-refractivity contribution in [2.24, 2.45) is 0 Å². The number of pyridine rings is 1. The van der Waals surface area contributed by atoms with E-state index in [0.717, 1.165) is 67.3 Å². The molecule has 1 saturated heterocycles. The number of hydrogen-bond donors (Lipinski definition) is 2. The van der Waals surface area contributed by atoms with Gasteiger partial charge in [0.05, 0.1) is 11.4 Å². The number of hydrogen-bond acceptors (Lipinski definition) is 6. The Bertz CT molecular complexity index is 1040. The molecule has 1 aliphatic heterocycles. The molecule has 0 radical (unpaired) electrons. The van der Waals surface area contributed by atoms with Crippen LogP contribution >= 0.6 is 11.3 Å². The minimum atomic E-state index is 0.00206. The maximum Gasteiger partial charge on any atom is 0.229 e. The number of anilines is 2. The zero-order valence-corrected chi connectivity index (χ0v) is 19.4. The average Bonchev–Trinajstić information content (AvgIpc) is 3.24. The fourth-order valence-electron chi connectivity index (χ4n) is 4.02. The number of nitrogens with one attached hydrogen (secondary N) is 1. The third-order valence-electron chi connectivity index (χ3n) is 5.87. The smallest absolute Gasteiger partial charge is 0.229 e. The fourth-order valence-corrected chi connectivity index (χ4v) is 4.85. The molecule has 3 N–H and O–H groups in total. The van der Waals surface area contributed by atoms with Crippen LogP contribution in [0.2, 0.25) is 0 Å². The van der Waals surface area contributed by atoms with Crippen molar-refractivity contribution in [1.29, 1.82) is 0 Å². The molecule has 168 valence electrons. The molecule has 32 heavy (non-hydrogen) atoms. The highest BCUT2D eigenvalue weighted by Crippen LogP contribution is 2.29. The Balaban J connectivity index is 1.26. The summed E-state index contributed by atoms with van der Waals surface area (Å²) < 4.78 is 0. The molecular formula is C25H31N5OS. The Morgan fingerprint density at radius 1 is 1.09 bits per heavy atom. The number of carbonyl (C=O) groups is 1. The van der Waals surface area contributed by atoms with Crippen LogP contribution in [0.15, 0.2) is 54.0 Å². The van der Waals surface area contributed by atoms with Gasteiger partial charge in [0.1, 0.15) is 5.82 Å². The summed E-state index contributed by atoms with van der Waals surface area (Å²) in [5.74, 6) is 0.491. The number of aromatic nitrogens is 1. The van der Waals surface area contributed by atoms with Crippen molar-refractivity contribution >= 4 is 28.1 Å². The molecule has 0 aliphatic carbocycles. The number of nitrogen functional groups attached to an aromatic ring is 1. The van der Waals surface area contributed by atoms with Gasteiger partial charge in [-0.1, -0.05) is 24.3 Å². The molecule has 1 aliphatic rings. The molecule has 1 aromatic carbocycles. The maximum absolute atomic E-state index is 12.6. The lowest BCUT2D eigenvalue weighted by atomic mass is 10.0. The van der Waals surface area contributed by atoms with Crippen molar-refractivity contribution < 1.29 is 4.79 Å². The predicted molar refractivity (Wildman–Crippen MR) is 133 cm³/mol. The Morgan fingerprint density at radius 3 is 2.72 bits per heavy atom. The fraction of sp³-hybridized carbons (Fsp3) is 0.360. The van der Waals surface area contributed by atoms with Gasteiger partial charge < -0.3 is 20.9 Å². The summed E-state index contributed by atoms with van der Waals surface area (Å²) in [5, 5.41) is 5.88. The first kappa shape index (κ1) is 22.5. The summed E-state index contributed by atoms with van der Waals surface area (Å²) in [4.78, 5) is 21.6. The van der Waals surface area contributed by atoms with Crippen molar-refractivity contribution in [2.45, 2.75) is 19.3 Å². The number of likely N-dealkylation sites (N-methyl/N-ethyl adjacent to an activating group) is 1. The lowest BCUT2D eigenvalue weighted by molar-refractivity contribution is -0.115. The van der Waals surface area contributed by atoms with E-state index >= 15 is 0 Å². The third kappa shape index (κ3) is 6.38. The first-order chi connectivity index (χ1) is 15.5. The molecule has 7 heteroatoms. The van der Waals surface area contributed by atoms with Gasteiger partial charge >= 0.3 is 0 Å². The standard InChI is InChI=1S/C25H31N5OS/c1-29-10-12-30(13-11-29)9-3-6-19-4-2-5-20(14-19)15-24(31)28-25-17-22(18-32-25)21-7-8-27-23(26)16-21/h2,4-5,7-8,14,16-18H,3,6,9-13,15H2,1H3,(H2,26,27)(H,28,31). The van der Waals surface area contributed by atoms with Gasteiger partial charge in [0.2, 0.25) is 5.91 Å². The second kappa shape index (κ2) is 10.7. The van der Waals surface area contributed by atoms with Gasteiger partial charge in [-0.05, 0) is 66.9 Å². The van der Waals surface area contributed by atoms with Crippen molar-refractivity contribution in [1.82, 2.24) is 14.8 Å². The minimum absolute atomic E-state index is 0.00206. The van der Waals surface area contributed by atoms with Crippen LogP contribution in [0.5, 0.6) is 0 Å². The van der Waals surface area contributed by atoms with E-state index < -0.39 is 0 Å². The maximum atomic E-state index is 12.6. The van der Waals surface area contributed by atoms with Crippen molar-refractivity contribution in [2.75, 3.05) is 50.8 Å². The molecule has 3 heterocycles. The number of nitrogens with zero attached hydrogens (tertiary/aromatic N) is 3. The van der Waals surface area contributed by atoms with Crippen molar-refractivity contribution in [3.8, 4) is 11.1 Å². The van der Waals surface area contributed by atoms with E-state index in [4.69, 9.17) is 5.73 Å². The molecular weight excluding hydrogens is 418 g/mol. The van der Waals surface area contributed by atoms with E-state index in [1.165, 1.54) is 16.9 Å². The summed E-state index contributed by atoms with van der Waals surface area (Å²) in [6.07, 6.45) is 4.27. The molecule has 0 bridgehead atoms. The predicted octanol–water partition coefficient (Wildman–Crippen LogP) is 3.75. The molecule has 3 aromatic rings. The number of thiophene rings is 1. The summed E-state index contributed by atoms with van der Waals surface area (Å²) in [6, 6.07) is 14.2. The number of rotatable bonds is 8. The van der Waals surface area contributed by atoms with E-state index in [-0.39, 0.29) is 5.91 Å². The van der Waals surface area contributed by atoms with Crippen LogP contribution in [0, 0.1) is 0 Å². The molecule has 0 spiro atoms. The van der Waals surface area contributed by atoms with E-state index in [1.54, 1.807) is 6.20 Å². The zero-order valence-electron chi connectivity index (χ0n) is 18.6. The third-order valence-corrected chi connectivity index (χ3v) is 6.71. The van der Waals surface area contributed by atoms with Crippen molar-refractivity contribution in [3.63, 3.8) is 0 Å². The molecule has 4 rings (SSSR count). The summed E-state index contributed by atoms with van der Waals surface area (Å²) >= 11 is 1.52. The highest BCUT2D eigenvalue weighted by molar-refractivity contribution is 7.14. The zero-order chi connectivity index (χ0) is 22.3. The lowest BCUT2D eigenvalue weighted by Gasteiger charge is -2.32. The van der Waals surface area contributed by atoms with E-state index in [0.29, 0.717) is 12.2 Å². The Labute approximate surface area is 194 Å². The van der Waals surface area contributed by atoms with Gasteiger partial charge in [0.15, 0.2) is 0 Å². The quantitative estimate of drug-likeness (QED) is 0.548. The van der Waals surface area contributed by atoms with Gasteiger partial charge in [-0.3, -0.25) is 4.79 Å². The highest BCUT2D eigenvalue weighted by atomic mass is 32.1. The Morgan fingerprint density at radius 2 is 1.91 bits per heavy atom. The minimum Gasteiger partial charge on any atom is -0.384 e. The summed E-state index contributed by atoms with van der Waals surface area (Å²) in [6.45, 7) is 5.79. The number of piperazine rings is 1. The number of benzene rings is 1. The van der Waals surface area contributed by atoms with Crippen LogP contribution in [-0.2, 0) is 17.6 Å². The number of aryl methyl sites for hydroxylation is 1. The van der Waals surface area contributed by atoms with E-state index in [1.807, 2.05) is 29.6 Å². The Kier molecular flexibility index (Phi) is 7.52. The second-order valence-corrected chi connectivity index (χ2v) is 9.37. The van der Waals surface area contributed by atoms with E-state index in [2.05, 4.69) is 45.3 Å². The lowest BCUT2D eigenvalue weighted by Crippen LogP contribution is -2.44. The van der Waals surface area contributed by atoms with Gasteiger partial charge in [0.25, 0.3) is 0 Å². The average molecular weight is 450 g/mol. The highest BCUT2D eigenvalue weighted by Gasteiger charge is 2.13. The van der Waals surface area contributed by atoms with Crippen molar-refractivity contribution in [3.05, 3.63) is 65.2 Å². The number of amides is 1. The number of carbonyl (C=O) groups excluding carboxylic acids is 1. The van der Waals surface area contributed by atoms with Crippen LogP contribution in [0.1, 0.15) is 17.5 Å². The summed E-state index contributed by atoms with van der Waals surface area (Å²) in [5.41, 5.74) is 10.2. The normalized spacial score (nSPS) is 15.0. The van der Waals surface area contributed by atoms with Crippen LogP contribution in [0.3, 0.4) is 0 Å². The monoisotopic (exact) mass is 449 g/mol. The number of nitrogens with two attached hydrogens (primary N) is 1. The molecule has 0 unspecified atom stereocenters.